The van der Waals surface area contributed by atoms with Crippen LogP contribution in [-0.2, 0) is 30.9 Å². The Morgan fingerprint density at radius 1 is 1.29 bits per heavy atom. The zero-order valence-corrected chi connectivity index (χ0v) is 13.5. The average Bonchev–Trinajstić information content (AvgIpc) is 2.67. The summed E-state index contributed by atoms with van der Waals surface area (Å²) < 4.78 is 37.2. The Labute approximate surface area is 130 Å². The van der Waals surface area contributed by atoms with Crippen LogP contribution in [0.2, 0.25) is 0 Å². The normalized spacial score (nSPS) is 16.6. The summed E-state index contributed by atoms with van der Waals surface area (Å²) in [7, 11) is -4.09. The van der Waals surface area contributed by atoms with E-state index in [1.807, 2.05) is 6.07 Å². The first-order chi connectivity index (χ1) is 9.95. The number of hydrogen-bond donors (Lipinski definition) is 0. The molecule has 1 aliphatic heterocycles. The molecule has 1 aromatic carbocycles. The SMILES string of the molecule is CCOC1=NS(=O)(=O)C(C(=O)OCc2ccccc2)=C1Br. The van der Waals surface area contributed by atoms with Gasteiger partial charge in [0.05, 0.1) is 6.61 Å². The van der Waals surface area contributed by atoms with Crippen LogP contribution < -0.4 is 0 Å². The van der Waals surface area contributed by atoms with E-state index in [0.717, 1.165) is 5.56 Å². The first-order valence-corrected chi connectivity index (χ1v) is 8.28. The lowest BCUT2D eigenvalue weighted by molar-refractivity contribution is -0.139. The number of ether oxygens (including phenoxy) is 2. The molecule has 1 aliphatic rings. The fourth-order valence-corrected chi connectivity index (χ4v) is 3.75. The van der Waals surface area contributed by atoms with Crippen LogP contribution >= 0.6 is 15.9 Å². The Morgan fingerprint density at radius 2 is 1.95 bits per heavy atom. The van der Waals surface area contributed by atoms with Gasteiger partial charge in [-0.1, -0.05) is 30.3 Å². The van der Waals surface area contributed by atoms with E-state index in [1.54, 1.807) is 31.2 Å². The van der Waals surface area contributed by atoms with E-state index in [9.17, 15) is 13.2 Å². The number of sulfonamides is 1. The molecule has 0 radical (unpaired) electrons. The van der Waals surface area contributed by atoms with Crippen molar-refractivity contribution >= 4 is 37.8 Å². The van der Waals surface area contributed by atoms with Gasteiger partial charge in [0.1, 0.15) is 11.1 Å². The maximum atomic E-state index is 12.0. The maximum Gasteiger partial charge on any atom is 0.353 e. The topological polar surface area (TPSA) is 82.0 Å². The third-order valence-electron chi connectivity index (χ3n) is 2.53. The summed E-state index contributed by atoms with van der Waals surface area (Å²) in [6.45, 7) is 1.89. The van der Waals surface area contributed by atoms with Gasteiger partial charge in [-0.2, -0.15) is 8.42 Å². The van der Waals surface area contributed by atoms with Gasteiger partial charge in [0.15, 0.2) is 4.91 Å². The van der Waals surface area contributed by atoms with Crippen LogP contribution in [0.25, 0.3) is 0 Å². The second-order valence-corrected chi connectivity index (χ2v) is 6.34. The van der Waals surface area contributed by atoms with Crippen LogP contribution in [0.15, 0.2) is 44.1 Å². The van der Waals surface area contributed by atoms with Crippen LogP contribution in [0.3, 0.4) is 0 Å². The third-order valence-corrected chi connectivity index (χ3v) is 4.82. The Kier molecular flexibility index (Phi) is 4.79. The minimum Gasteiger partial charge on any atom is -0.477 e. The van der Waals surface area contributed by atoms with Gasteiger partial charge in [-0.05, 0) is 28.4 Å². The van der Waals surface area contributed by atoms with Crippen LogP contribution in [0.5, 0.6) is 0 Å². The molecule has 8 heteroatoms. The van der Waals surface area contributed by atoms with Gasteiger partial charge in [0.25, 0.3) is 10.0 Å². The van der Waals surface area contributed by atoms with Crippen LogP contribution in [0.4, 0.5) is 0 Å². The molecule has 112 valence electrons. The van der Waals surface area contributed by atoms with E-state index in [1.165, 1.54) is 0 Å². The molecule has 0 fully saturated rings. The first-order valence-electron chi connectivity index (χ1n) is 6.04. The minimum atomic E-state index is -4.09. The molecule has 1 heterocycles. The van der Waals surface area contributed by atoms with Crippen molar-refractivity contribution in [2.24, 2.45) is 4.40 Å². The third kappa shape index (κ3) is 3.51. The molecule has 21 heavy (non-hydrogen) atoms. The maximum absolute atomic E-state index is 12.0. The summed E-state index contributed by atoms with van der Waals surface area (Å²) in [5, 5.41) is 0. The second kappa shape index (κ2) is 6.40. The van der Waals surface area contributed by atoms with Gasteiger partial charge in [-0.3, -0.25) is 0 Å². The molecule has 0 saturated heterocycles. The quantitative estimate of drug-likeness (QED) is 0.754. The summed E-state index contributed by atoms with van der Waals surface area (Å²) in [5.74, 6) is -1.10. The summed E-state index contributed by atoms with van der Waals surface area (Å²) in [4.78, 5) is 11.4. The monoisotopic (exact) mass is 373 g/mol. The number of hydrogen-bond acceptors (Lipinski definition) is 5. The van der Waals surface area contributed by atoms with Crippen molar-refractivity contribution in [2.45, 2.75) is 13.5 Å². The number of halogens is 1. The fourth-order valence-electron chi connectivity index (χ4n) is 1.62. The largest absolute Gasteiger partial charge is 0.477 e. The van der Waals surface area contributed by atoms with Crippen molar-refractivity contribution in [3.05, 3.63) is 45.3 Å². The van der Waals surface area contributed by atoms with Gasteiger partial charge < -0.3 is 9.47 Å². The molecule has 0 spiro atoms. The highest BCUT2D eigenvalue weighted by atomic mass is 79.9. The average molecular weight is 374 g/mol. The highest BCUT2D eigenvalue weighted by Gasteiger charge is 2.38. The molecule has 0 saturated carbocycles. The summed E-state index contributed by atoms with van der Waals surface area (Å²) in [6, 6.07) is 8.94. The van der Waals surface area contributed by atoms with Gasteiger partial charge in [-0.15, -0.1) is 4.40 Å². The van der Waals surface area contributed by atoms with Gasteiger partial charge in [0.2, 0.25) is 5.90 Å². The predicted octanol–water partition coefficient (Wildman–Crippen LogP) is 2.11. The molecule has 0 N–H and O–H groups in total. The van der Waals surface area contributed by atoms with E-state index >= 15 is 0 Å². The van der Waals surface area contributed by atoms with Crippen molar-refractivity contribution in [1.29, 1.82) is 0 Å². The number of nitrogens with zero attached hydrogens (tertiary/aromatic N) is 1. The first kappa shape index (κ1) is 15.7. The molecular formula is C13H12BrNO5S. The second-order valence-electron chi connectivity index (χ2n) is 4.01. The van der Waals surface area contributed by atoms with Crippen molar-refractivity contribution in [3.8, 4) is 0 Å². The number of esters is 1. The highest BCUT2D eigenvalue weighted by molar-refractivity contribution is 9.12. The van der Waals surface area contributed by atoms with Gasteiger partial charge in [0, 0.05) is 0 Å². The van der Waals surface area contributed by atoms with E-state index in [4.69, 9.17) is 9.47 Å². The number of carbonyl (C=O) groups excluding carboxylic acids is 1. The van der Waals surface area contributed by atoms with Crippen molar-refractivity contribution in [2.75, 3.05) is 6.61 Å². The number of carbonyl (C=O) groups is 1. The molecule has 2 rings (SSSR count). The van der Waals surface area contributed by atoms with E-state index in [2.05, 4.69) is 20.3 Å². The molecule has 0 unspecified atom stereocenters. The van der Waals surface area contributed by atoms with Gasteiger partial charge >= 0.3 is 5.97 Å². The summed E-state index contributed by atoms with van der Waals surface area (Å²) in [5.41, 5.74) is 0.754. The van der Waals surface area contributed by atoms with Crippen LogP contribution in [-0.4, -0.2) is 26.9 Å². The zero-order valence-electron chi connectivity index (χ0n) is 11.1. The zero-order chi connectivity index (χ0) is 15.5. The molecule has 0 aliphatic carbocycles. The molecule has 1 aromatic rings. The van der Waals surface area contributed by atoms with Crippen LogP contribution in [0.1, 0.15) is 12.5 Å². The Bertz CT molecular complexity index is 709. The summed E-state index contributed by atoms with van der Waals surface area (Å²) in [6.07, 6.45) is 0. The van der Waals surface area contributed by atoms with E-state index < -0.39 is 20.9 Å². The van der Waals surface area contributed by atoms with E-state index in [0.29, 0.717) is 0 Å². The Balaban J connectivity index is 2.15. The van der Waals surface area contributed by atoms with Crippen molar-refractivity contribution < 1.29 is 22.7 Å². The standard InChI is InChI=1S/C13H12BrNO5S/c1-2-19-12-10(14)11(21(17,18)15-12)13(16)20-8-9-6-4-3-5-7-9/h3-7H,2,8H2,1H3. The predicted molar refractivity (Wildman–Crippen MR) is 80.2 cm³/mol. The molecule has 0 bridgehead atoms. The smallest absolute Gasteiger partial charge is 0.353 e. The number of rotatable bonds is 4. The molecular weight excluding hydrogens is 362 g/mol. The van der Waals surface area contributed by atoms with Crippen LogP contribution in [0, 0.1) is 0 Å². The minimum absolute atomic E-state index is 0.0117. The van der Waals surface area contributed by atoms with Crippen molar-refractivity contribution in [1.82, 2.24) is 0 Å². The Hall–Kier alpha value is -1.67. The Morgan fingerprint density at radius 3 is 2.57 bits per heavy atom. The lowest BCUT2D eigenvalue weighted by Gasteiger charge is -2.05. The summed E-state index contributed by atoms with van der Waals surface area (Å²) >= 11 is 3.02. The lowest BCUT2D eigenvalue weighted by atomic mass is 10.2. The molecule has 6 nitrogen and oxygen atoms in total. The molecule has 0 aromatic heterocycles. The van der Waals surface area contributed by atoms with Gasteiger partial charge in [-0.25, -0.2) is 4.79 Å². The van der Waals surface area contributed by atoms with Crippen molar-refractivity contribution in [3.63, 3.8) is 0 Å². The fraction of sp³-hybridized carbons (Fsp3) is 0.231. The lowest BCUT2D eigenvalue weighted by Crippen LogP contribution is -2.13. The molecule has 0 amide bonds. The van der Waals surface area contributed by atoms with E-state index in [-0.39, 0.29) is 23.6 Å². The highest BCUT2D eigenvalue weighted by Crippen LogP contribution is 2.29. The molecule has 0 atom stereocenters. The number of benzene rings is 1.